The van der Waals surface area contributed by atoms with Crippen LogP contribution in [-0.2, 0) is 12.8 Å². The Kier molecular flexibility index (Phi) is 4.94. The molecule has 3 aromatic carbocycles. The largest absolute Gasteiger partial charge is 0.297 e. The van der Waals surface area contributed by atoms with Crippen LogP contribution in [-0.4, -0.2) is 23.5 Å². The van der Waals surface area contributed by atoms with Gasteiger partial charge in [0.05, 0.1) is 0 Å². The predicted molar refractivity (Wildman–Crippen MR) is 128 cm³/mol. The van der Waals surface area contributed by atoms with Crippen LogP contribution in [0.15, 0.2) is 80.2 Å². The molecule has 6 rings (SSSR count). The minimum atomic E-state index is 0.744. The lowest BCUT2D eigenvalue weighted by molar-refractivity contribution is 0.174. The Bertz CT molecular complexity index is 1110. The quantitative estimate of drug-likeness (QED) is 0.329. The molecule has 1 saturated heterocycles. The van der Waals surface area contributed by atoms with Crippen LogP contribution >= 0.6 is 23.5 Å². The summed E-state index contributed by atoms with van der Waals surface area (Å²) >= 11 is 3.84. The number of benzene rings is 3. The molecular formula is C27H27NS2. The summed E-state index contributed by atoms with van der Waals surface area (Å²) in [6, 6.07) is 24.4. The number of aryl methyl sites for hydroxylation is 1. The lowest BCUT2D eigenvalue weighted by Gasteiger charge is -2.35. The number of hydrogen-bond donors (Lipinski definition) is 0. The predicted octanol–water partition coefficient (Wildman–Crippen LogP) is 7.31. The van der Waals surface area contributed by atoms with Crippen LogP contribution < -0.4 is 0 Å². The first kappa shape index (κ1) is 19.0. The minimum absolute atomic E-state index is 0.744. The van der Waals surface area contributed by atoms with Gasteiger partial charge in [-0.2, -0.15) is 0 Å². The Hall–Kier alpha value is -1.68. The fraction of sp³-hybridized carbons (Fsp3) is 0.333. The summed E-state index contributed by atoms with van der Waals surface area (Å²) < 4.78 is 0. The van der Waals surface area contributed by atoms with Gasteiger partial charge in [0.15, 0.2) is 0 Å². The molecule has 1 fully saturated rings. The summed E-state index contributed by atoms with van der Waals surface area (Å²) in [5.74, 6) is 0. The first-order valence-electron chi connectivity index (χ1n) is 11.2. The zero-order chi connectivity index (χ0) is 20.1. The SMILES string of the molecule is CC1CCCN1C1CCc2cc(-c3cccc4c3Sc3ccccc3S4)ccc2C1. The standard InChI is InChI=1S/C27H27NS2/c1-18-6-5-15-28(18)22-14-13-19-16-21(12-11-20(19)17-22)23-7-4-10-26-27(23)30-25-9-3-2-8-24(25)29-26/h2-4,7-12,16,18,22H,5-6,13-15,17H2,1H3. The van der Waals surface area contributed by atoms with Gasteiger partial charge >= 0.3 is 0 Å². The molecule has 152 valence electrons. The van der Waals surface area contributed by atoms with Crippen LogP contribution in [0.25, 0.3) is 11.1 Å². The second-order valence-corrected chi connectivity index (χ2v) is 11.0. The number of hydrogen-bond acceptors (Lipinski definition) is 3. The summed E-state index contributed by atoms with van der Waals surface area (Å²) in [6.45, 7) is 3.71. The average Bonchev–Trinajstić information content (AvgIpc) is 3.22. The van der Waals surface area contributed by atoms with Crippen LogP contribution in [0.5, 0.6) is 0 Å². The van der Waals surface area contributed by atoms with Crippen molar-refractivity contribution in [3.63, 3.8) is 0 Å². The van der Waals surface area contributed by atoms with Gasteiger partial charge in [0.2, 0.25) is 0 Å². The molecular weight excluding hydrogens is 402 g/mol. The highest BCUT2D eigenvalue weighted by Crippen LogP contribution is 2.51. The number of nitrogens with zero attached hydrogens (tertiary/aromatic N) is 1. The summed E-state index contributed by atoms with van der Waals surface area (Å²) in [4.78, 5) is 8.33. The van der Waals surface area contributed by atoms with Gasteiger partial charge in [-0.05, 0) is 86.0 Å². The van der Waals surface area contributed by atoms with E-state index in [2.05, 4.69) is 72.5 Å². The third-order valence-electron chi connectivity index (χ3n) is 7.05. The first-order chi connectivity index (χ1) is 14.8. The average molecular weight is 430 g/mol. The normalized spacial score (nSPS) is 23.0. The van der Waals surface area contributed by atoms with E-state index in [4.69, 9.17) is 0 Å². The van der Waals surface area contributed by atoms with E-state index >= 15 is 0 Å². The number of fused-ring (bicyclic) bond motifs is 3. The molecule has 0 bridgehead atoms. The van der Waals surface area contributed by atoms with Crippen molar-refractivity contribution in [2.45, 2.75) is 70.7 Å². The molecule has 2 aliphatic heterocycles. The van der Waals surface area contributed by atoms with Crippen LogP contribution in [0.4, 0.5) is 0 Å². The van der Waals surface area contributed by atoms with Crippen molar-refractivity contribution in [1.82, 2.24) is 4.90 Å². The highest BCUT2D eigenvalue weighted by Gasteiger charge is 2.30. The lowest BCUT2D eigenvalue weighted by atomic mass is 9.85. The van der Waals surface area contributed by atoms with Gasteiger partial charge in [-0.25, -0.2) is 0 Å². The number of likely N-dealkylation sites (tertiary alicyclic amines) is 1. The first-order valence-corrected chi connectivity index (χ1v) is 12.9. The van der Waals surface area contributed by atoms with E-state index in [1.807, 2.05) is 23.5 Å². The fourth-order valence-corrected chi connectivity index (χ4v) is 7.86. The fourth-order valence-electron chi connectivity index (χ4n) is 5.46. The molecule has 3 aliphatic rings. The second-order valence-electron chi connectivity index (χ2n) is 8.89. The van der Waals surface area contributed by atoms with Gasteiger partial charge in [-0.15, -0.1) is 0 Å². The van der Waals surface area contributed by atoms with E-state index in [1.165, 1.54) is 69.4 Å². The second kappa shape index (κ2) is 7.78. The van der Waals surface area contributed by atoms with Crippen molar-refractivity contribution < 1.29 is 0 Å². The summed E-state index contributed by atoms with van der Waals surface area (Å²) in [7, 11) is 0. The van der Waals surface area contributed by atoms with Crippen molar-refractivity contribution in [2.75, 3.05) is 6.54 Å². The summed E-state index contributed by atoms with van der Waals surface area (Å²) in [6.07, 6.45) is 6.51. The maximum absolute atomic E-state index is 2.77. The zero-order valence-corrected chi connectivity index (χ0v) is 19.1. The summed E-state index contributed by atoms with van der Waals surface area (Å²) in [5.41, 5.74) is 5.91. The molecule has 2 unspecified atom stereocenters. The Morgan fingerprint density at radius 3 is 2.50 bits per heavy atom. The number of rotatable bonds is 2. The van der Waals surface area contributed by atoms with E-state index < -0.39 is 0 Å². The van der Waals surface area contributed by atoms with Gasteiger partial charge < -0.3 is 0 Å². The molecule has 0 aromatic heterocycles. The van der Waals surface area contributed by atoms with Crippen LogP contribution in [0.1, 0.15) is 37.3 Å². The molecule has 0 radical (unpaired) electrons. The maximum atomic E-state index is 2.77. The monoisotopic (exact) mass is 429 g/mol. The molecule has 1 nitrogen and oxygen atoms in total. The van der Waals surface area contributed by atoms with E-state index in [1.54, 1.807) is 11.1 Å². The Balaban J connectivity index is 1.31. The zero-order valence-electron chi connectivity index (χ0n) is 17.4. The van der Waals surface area contributed by atoms with Crippen molar-refractivity contribution >= 4 is 23.5 Å². The lowest BCUT2D eigenvalue weighted by Crippen LogP contribution is -2.41. The molecule has 3 heteroatoms. The highest BCUT2D eigenvalue weighted by molar-refractivity contribution is 8.05. The van der Waals surface area contributed by atoms with Crippen molar-refractivity contribution in [3.8, 4) is 11.1 Å². The molecule has 2 atom stereocenters. The van der Waals surface area contributed by atoms with Gasteiger partial charge in [0.25, 0.3) is 0 Å². The molecule has 0 saturated carbocycles. The molecule has 30 heavy (non-hydrogen) atoms. The molecule has 2 heterocycles. The van der Waals surface area contributed by atoms with Crippen molar-refractivity contribution in [1.29, 1.82) is 0 Å². The third kappa shape index (κ3) is 3.32. The maximum Gasteiger partial charge on any atom is 0.0340 e. The molecule has 3 aromatic rings. The van der Waals surface area contributed by atoms with E-state index in [0.29, 0.717) is 0 Å². The van der Waals surface area contributed by atoms with Crippen LogP contribution in [0.2, 0.25) is 0 Å². The van der Waals surface area contributed by atoms with Gasteiger partial charge in [0, 0.05) is 31.7 Å². The summed E-state index contributed by atoms with van der Waals surface area (Å²) in [5, 5.41) is 0. The van der Waals surface area contributed by atoms with Gasteiger partial charge in [-0.3, -0.25) is 4.90 Å². The van der Waals surface area contributed by atoms with Crippen molar-refractivity contribution in [2.24, 2.45) is 0 Å². The van der Waals surface area contributed by atoms with Gasteiger partial charge in [-0.1, -0.05) is 66.0 Å². The highest BCUT2D eigenvalue weighted by atomic mass is 32.2. The smallest absolute Gasteiger partial charge is 0.0340 e. The minimum Gasteiger partial charge on any atom is -0.297 e. The molecule has 0 spiro atoms. The van der Waals surface area contributed by atoms with Crippen molar-refractivity contribution in [3.05, 3.63) is 71.8 Å². The van der Waals surface area contributed by atoms with Crippen LogP contribution in [0.3, 0.4) is 0 Å². The molecule has 1 aliphatic carbocycles. The van der Waals surface area contributed by atoms with E-state index in [0.717, 1.165) is 12.1 Å². The third-order valence-corrected chi connectivity index (χ3v) is 9.67. The van der Waals surface area contributed by atoms with E-state index in [9.17, 15) is 0 Å². The van der Waals surface area contributed by atoms with Gasteiger partial charge in [0.1, 0.15) is 0 Å². The van der Waals surface area contributed by atoms with E-state index in [-0.39, 0.29) is 0 Å². The Labute approximate surface area is 188 Å². The van der Waals surface area contributed by atoms with Crippen LogP contribution in [0, 0.1) is 0 Å². The molecule has 0 N–H and O–H groups in total. The topological polar surface area (TPSA) is 3.24 Å². The Morgan fingerprint density at radius 2 is 1.67 bits per heavy atom. The molecule has 0 amide bonds. The Morgan fingerprint density at radius 1 is 0.833 bits per heavy atom.